The zero-order valence-corrected chi connectivity index (χ0v) is 10.5. The Balaban J connectivity index is 2.20. The first kappa shape index (κ1) is 13.9. The molecule has 2 atom stereocenters. The molecule has 1 aromatic carbocycles. The second-order valence-electron chi connectivity index (χ2n) is 4.65. The number of hydrogen-bond acceptors (Lipinski definition) is 3. The molecule has 0 bridgehead atoms. The summed E-state index contributed by atoms with van der Waals surface area (Å²) in [6, 6.07) is 5.69. The summed E-state index contributed by atoms with van der Waals surface area (Å²) in [5, 5.41) is 28.8. The molecule has 102 valence electrons. The van der Waals surface area contributed by atoms with Gasteiger partial charge in [-0.3, -0.25) is 0 Å². The van der Waals surface area contributed by atoms with Crippen LogP contribution in [0.5, 0.6) is 0 Å². The van der Waals surface area contributed by atoms with E-state index >= 15 is 0 Å². The minimum Gasteiger partial charge on any atom is -0.392 e. The molecular formula is C15H17FO3. The third-order valence-corrected chi connectivity index (χ3v) is 3.44. The number of allylic oxidation sites excluding steroid dienone is 1. The van der Waals surface area contributed by atoms with Gasteiger partial charge in [-0.2, -0.15) is 0 Å². The molecule has 0 saturated carbocycles. The van der Waals surface area contributed by atoms with E-state index in [1.54, 1.807) is 18.2 Å². The first-order chi connectivity index (χ1) is 9.15. The van der Waals surface area contributed by atoms with Crippen molar-refractivity contribution < 1.29 is 19.7 Å². The molecule has 0 radical (unpaired) electrons. The van der Waals surface area contributed by atoms with Gasteiger partial charge in [-0.15, -0.1) is 0 Å². The third kappa shape index (κ3) is 3.10. The molecule has 0 heterocycles. The Morgan fingerprint density at radius 2 is 1.84 bits per heavy atom. The van der Waals surface area contributed by atoms with Gasteiger partial charge in [0.05, 0.1) is 19.3 Å². The van der Waals surface area contributed by atoms with Crippen LogP contribution in [0.25, 0.3) is 0 Å². The lowest BCUT2D eigenvalue weighted by Gasteiger charge is -2.27. The average molecular weight is 264 g/mol. The smallest absolute Gasteiger partial charge is 0.123 e. The Morgan fingerprint density at radius 1 is 1.16 bits per heavy atom. The van der Waals surface area contributed by atoms with Crippen LogP contribution >= 0.6 is 0 Å². The zero-order valence-electron chi connectivity index (χ0n) is 10.5. The summed E-state index contributed by atoms with van der Waals surface area (Å²) in [7, 11) is 0. The third-order valence-electron chi connectivity index (χ3n) is 3.44. The number of aliphatic hydroxyl groups excluding tert-OH is 3. The van der Waals surface area contributed by atoms with Gasteiger partial charge in [-0.1, -0.05) is 24.3 Å². The number of benzene rings is 1. The van der Waals surface area contributed by atoms with Gasteiger partial charge in [0.25, 0.3) is 0 Å². The van der Waals surface area contributed by atoms with Crippen LogP contribution in [0.3, 0.4) is 0 Å². The van der Waals surface area contributed by atoms with Crippen molar-refractivity contribution in [1.29, 1.82) is 0 Å². The summed E-state index contributed by atoms with van der Waals surface area (Å²) in [6.45, 7) is -0.247. The van der Waals surface area contributed by atoms with Gasteiger partial charge in [0.15, 0.2) is 0 Å². The molecule has 0 spiro atoms. The van der Waals surface area contributed by atoms with Crippen LogP contribution in [0.1, 0.15) is 18.1 Å². The fraction of sp³-hybridized carbons (Fsp3) is 0.333. The molecule has 1 aliphatic rings. The van der Waals surface area contributed by atoms with E-state index in [-0.39, 0.29) is 24.9 Å². The largest absolute Gasteiger partial charge is 0.392 e. The Kier molecular flexibility index (Phi) is 4.47. The van der Waals surface area contributed by atoms with Crippen LogP contribution in [-0.4, -0.2) is 28.5 Å². The Bertz CT molecular complexity index is 491. The molecule has 2 rings (SSSR count). The van der Waals surface area contributed by atoms with Crippen LogP contribution in [0, 0.1) is 11.7 Å². The SMILES string of the molecule is OCC1=CCC(C(O)c2ccc(F)cc2)C(CO)=C1. The topological polar surface area (TPSA) is 60.7 Å². The van der Waals surface area contributed by atoms with Crippen molar-refractivity contribution in [3.05, 3.63) is 58.9 Å². The molecule has 0 amide bonds. The van der Waals surface area contributed by atoms with Gasteiger partial charge in [0, 0.05) is 5.92 Å². The standard InChI is InChI=1S/C15H17FO3/c16-13-4-2-11(3-5-13)15(19)14-6-1-10(8-17)7-12(14)9-18/h1-5,7,14-15,17-19H,6,8-9H2. The van der Waals surface area contributed by atoms with Crippen LogP contribution in [0.15, 0.2) is 47.6 Å². The molecule has 3 N–H and O–H groups in total. The number of rotatable bonds is 4. The lowest BCUT2D eigenvalue weighted by Crippen LogP contribution is -2.19. The van der Waals surface area contributed by atoms with Gasteiger partial charge >= 0.3 is 0 Å². The van der Waals surface area contributed by atoms with E-state index in [1.807, 2.05) is 6.08 Å². The highest BCUT2D eigenvalue weighted by molar-refractivity contribution is 5.33. The maximum absolute atomic E-state index is 12.9. The highest BCUT2D eigenvalue weighted by Crippen LogP contribution is 2.34. The van der Waals surface area contributed by atoms with Crippen LogP contribution in [0.4, 0.5) is 4.39 Å². The van der Waals surface area contributed by atoms with Gasteiger partial charge in [-0.05, 0) is 35.3 Å². The predicted octanol–water partition coefficient (Wildman–Crippen LogP) is 1.72. The van der Waals surface area contributed by atoms with E-state index in [4.69, 9.17) is 5.11 Å². The van der Waals surface area contributed by atoms with Crippen LogP contribution in [0.2, 0.25) is 0 Å². The monoisotopic (exact) mass is 264 g/mol. The van der Waals surface area contributed by atoms with E-state index in [0.717, 1.165) is 5.57 Å². The summed E-state index contributed by atoms with van der Waals surface area (Å²) in [5.74, 6) is -0.592. The molecule has 4 heteroatoms. The van der Waals surface area contributed by atoms with Gasteiger partial charge < -0.3 is 15.3 Å². The van der Waals surface area contributed by atoms with Crippen LogP contribution in [-0.2, 0) is 0 Å². The molecule has 1 aromatic rings. The number of hydrogen-bond donors (Lipinski definition) is 3. The molecule has 0 aliphatic heterocycles. The first-order valence-corrected chi connectivity index (χ1v) is 6.20. The van der Waals surface area contributed by atoms with E-state index < -0.39 is 6.10 Å². The lowest BCUT2D eigenvalue weighted by molar-refractivity contribution is 0.118. The quantitative estimate of drug-likeness (QED) is 0.776. The molecule has 0 aromatic heterocycles. The minimum absolute atomic E-state index is 0.0805. The average Bonchev–Trinajstić information content (AvgIpc) is 2.46. The Morgan fingerprint density at radius 3 is 2.42 bits per heavy atom. The normalized spacial score (nSPS) is 20.7. The van der Waals surface area contributed by atoms with Crippen molar-refractivity contribution in [3.63, 3.8) is 0 Å². The van der Waals surface area contributed by atoms with Crippen molar-refractivity contribution in [2.75, 3.05) is 13.2 Å². The summed E-state index contributed by atoms with van der Waals surface area (Å²) >= 11 is 0. The van der Waals surface area contributed by atoms with Crippen molar-refractivity contribution in [2.45, 2.75) is 12.5 Å². The van der Waals surface area contributed by atoms with E-state index in [0.29, 0.717) is 17.6 Å². The van der Waals surface area contributed by atoms with E-state index in [2.05, 4.69) is 0 Å². The molecule has 19 heavy (non-hydrogen) atoms. The zero-order chi connectivity index (χ0) is 13.8. The summed E-state index contributed by atoms with van der Waals surface area (Å²) in [5.41, 5.74) is 2.04. The highest BCUT2D eigenvalue weighted by Gasteiger charge is 2.26. The molecule has 0 fully saturated rings. The van der Waals surface area contributed by atoms with Crippen molar-refractivity contribution in [2.24, 2.45) is 5.92 Å². The number of halogens is 1. The first-order valence-electron chi connectivity index (χ1n) is 6.20. The van der Waals surface area contributed by atoms with Crippen molar-refractivity contribution >= 4 is 0 Å². The molecule has 3 nitrogen and oxygen atoms in total. The lowest BCUT2D eigenvalue weighted by atomic mass is 9.82. The maximum Gasteiger partial charge on any atom is 0.123 e. The molecule has 1 aliphatic carbocycles. The fourth-order valence-electron chi connectivity index (χ4n) is 2.33. The molecule has 0 saturated heterocycles. The van der Waals surface area contributed by atoms with Gasteiger partial charge in [0.2, 0.25) is 0 Å². The fourth-order valence-corrected chi connectivity index (χ4v) is 2.33. The highest BCUT2D eigenvalue weighted by atomic mass is 19.1. The van der Waals surface area contributed by atoms with Crippen molar-refractivity contribution in [1.82, 2.24) is 0 Å². The van der Waals surface area contributed by atoms with Gasteiger partial charge in [-0.25, -0.2) is 4.39 Å². The van der Waals surface area contributed by atoms with E-state index in [1.165, 1.54) is 12.1 Å². The minimum atomic E-state index is -0.796. The summed E-state index contributed by atoms with van der Waals surface area (Å²) in [6.07, 6.45) is 3.30. The summed E-state index contributed by atoms with van der Waals surface area (Å²) < 4.78 is 12.9. The van der Waals surface area contributed by atoms with E-state index in [9.17, 15) is 14.6 Å². The van der Waals surface area contributed by atoms with Crippen LogP contribution < -0.4 is 0 Å². The second kappa shape index (κ2) is 6.10. The Hall–Kier alpha value is -1.49. The number of aliphatic hydroxyl groups is 3. The second-order valence-corrected chi connectivity index (χ2v) is 4.65. The molecular weight excluding hydrogens is 247 g/mol. The van der Waals surface area contributed by atoms with Crippen molar-refractivity contribution in [3.8, 4) is 0 Å². The maximum atomic E-state index is 12.9. The van der Waals surface area contributed by atoms with Gasteiger partial charge in [0.1, 0.15) is 5.82 Å². The summed E-state index contributed by atoms with van der Waals surface area (Å²) in [4.78, 5) is 0. The predicted molar refractivity (Wildman–Crippen MR) is 69.8 cm³/mol. The molecule has 2 unspecified atom stereocenters. The Labute approximate surface area is 111 Å².